The SMILES string of the molecule is Cc1cc(-c2cc(C(F)(F)F)nc(Cl)n2)cs1. The minimum absolute atomic E-state index is 0.182. The van der Waals surface area contributed by atoms with E-state index in [0.717, 1.165) is 10.9 Å². The van der Waals surface area contributed by atoms with Crippen molar-refractivity contribution < 1.29 is 13.2 Å². The van der Waals surface area contributed by atoms with Crippen LogP contribution in [0.1, 0.15) is 10.6 Å². The average molecular weight is 279 g/mol. The van der Waals surface area contributed by atoms with E-state index in [1.807, 2.05) is 6.92 Å². The maximum atomic E-state index is 12.5. The molecule has 0 saturated heterocycles. The van der Waals surface area contributed by atoms with Crippen molar-refractivity contribution in [3.8, 4) is 11.3 Å². The summed E-state index contributed by atoms with van der Waals surface area (Å²) in [5, 5.41) is 1.33. The number of hydrogen-bond donors (Lipinski definition) is 0. The van der Waals surface area contributed by atoms with E-state index in [1.165, 1.54) is 11.3 Å². The summed E-state index contributed by atoms with van der Waals surface area (Å²) < 4.78 is 37.6. The molecule has 0 saturated carbocycles. The van der Waals surface area contributed by atoms with E-state index >= 15 is 0 Å². The van der Waals surface area contributed by atoms with Gasteiger partial charge in [0.15, 0.2) is 0 Å². The summed E-state index contributed by atoms with van der Waals surface area (Å²) in [6.45, 7) is 1.86. The second-order valence-electron chi connectivity index (χ2n) is 3.35. The Morgan fingerprint density at radius 1 is 1.24 bits per heavy atom. The Morgan fingerprint density at radius 2 is 1.94 bits per heavy atom. The summed E-state index contributed by atoms with van der Waals surface area (Å²) in [6.07, 6.45) is -4.52. The van der Waals surface area contributed by atoms with Crippen molar-refractivity contribution in [2.75, 3.05) is 0 Å². The van der Waals surface area contributed by atoms with Crippen molar-refractivity contribution in [2.24, 2.45) is 0 Å². The number of halogens is 4. The fraction of sp³-hybridized carbons (Fsp3) is 0.200. The van der Waals surface area contributed by atoms with E-state index in [9.17, 15) is 13.2 Å². The zero-order chi connectivity index (χ0) is 12.6. The normalized spacial score (nSPS) is 11.8. The topological polar surface area (TPSA) is 25.8 Å². The Labute approximate surface area is 104 Å². The number of hydrogen-bond acceptors (Lipinski definition) is 3. The molecule has 0 atom stereocenters. The summed E-state index contributed by atoms with van der Waals surface area (Å²) in [7, 11) is 0. The van der Waals surface area contributed by atoms with Crippen LogP contribution in [0.4, 0.5) is 13.2 Å². The number of aromatic nitrogens is 2. The first kappa shape index (κ1) is 12.3. The van der Waals surface area contributed by atoms with Crippen LogP contribution in [0.2, 0.25) is 5.28 Å². The van der Waals surface area contributed by atoms with E-state index in [-0.39, 0.29) is 5.69 Å². The van der Waals surface area contributed by atoms with Crippen molar-refractivity contribution in [3.63, 3.8) is 0 Å². The van der Waals surface area contributed by atoms with Gasteiger partial charge in [0.25, 0.3) is 0 Å². The zero-order valence-corrected chi connectivity index (χ0v) is 10.1. The smallest absolute Gasteiger partial charge is 0.218 e. The highest BCUT2D eigenvalue weighted by molar-refractivity contribution is 7.10. The van der Waals surface area contributed by atoms with Gasteiger partial charge in [-0.2, -0.15) is 13.2 Å². The fourth-order valence-electron chi connectivity index (χ4n) is 1.29. The van der Waals surface area contributed by atoms with Gasteiger partial charge in [-0.05, 0) is 30.7 Å². The molecule has 2 heterocycles. The quantitative estimate of drug-likeness (QED) is 0.731. The molecule has 0 bridgehead atoms. The van der Waals surface area contributed by atoms with Crippen LogP contribution < -0.4 is 0 Å². The second kappa shape index (κ2) is 4.27. The molecule has 17 heavy (non-hydrogen) atoms. The van der Waals surface area contributed by atoms with Gasteiger partial charge in [-0.1, -0.05) is 0 Å². The van der Waals surface area contributed by atoms with Gasteiger partial charge in [0.1, 0.15) is 5.69 Å². The van der Waals surface area contributed by atoms with E-state index in [4.69, 9.17) is 11.6 Å². The summed E-state index contributed by atoms with van der Waals surface area (Å²) in [5.74, 6) is 0. The van der Waals surface area contributed by atoms with Crippen LogP contribution in [-0.4, -0.2) is 9.97 Å². The number of rotatable bonds is 1. The van der Waals surface area contributed by atoms with E-state index < -0.39 is 17.2 Å². The molecule has 0 N–H and O–H groups in total. The molecule has 90 valence electrons. The molecular formula is C10H6ClF3N2S. The van der Waals surface area contributed by atoms with E-state index in [1.54, 1.807) is 11.4 Å². The van der Waals surface area contributed by atoms with Gasteiger partial charge in [0.2, 0.25) is 5.28 Å². The van der Waals surface area contributed by atoms with Crippen molar-refractivity contribution in [2.45, 2.75) is 13.1 Å². The molecule has 0 aromatic carbocycles. The third-order valence-electron chi connectivity index (χ3n) is 2.02. The molecule has 0 spiro atoms. The Hall–Kier alpha value is -1.14. The fourth-order valence-corrected chi connectivity index (χ4v) is 2.17. The largest absolute Gasteiger partial charge is 0.433 e. The minimum Gasteiger partial charge on any atom is -0.218 e. The molecule has 2 aromatic heterocycles. The average Bonchev–Trinajstić information content (AvgIpc) is 2.62. The van der Waals surface area contributed by atoms with Gasteiger partial charge in [0.05, 0.1) is 5.69 Å². The Morgan fingerprint density at radius 3 is 2.47 bits per heavy atom. The Kier molecular flexibility index (Phi) is 3.09. The Balaban J connectivity index is 2.52. The molecule has 2 rings (SSSR count). The predicted octanol–water partition coefficient (Wildman–Crippen LogP) is 4.19. The maximum Gasteiger partial charge on any atom is 0.433 e. The highest BCUT2D eigenvalue weighted by Gasteiger charge is 2.33. The van der Waals surface area contributed by atoms with Gasteiger partial charge >= 0.3 is 6.18 Å². The zero-order valence-electron chi connectivity index (χ0n) is 8.55. The van der Waals surface area contributed by atoms with Crippen LogP contribution in [0, 0.1) is 6.92 Å². The number of nitrogens with zero attached hydrogens (tertiary/aromatic N) is 2. The summed E-state index contributed by atoms with van der Waals surface area (Å²) in [4.78, 5) is 7.95. The lowest BCUT2D eigenvalue weighted by molar-refractivity contribution is -0.141. The van der Waals surface area contributed by atoms with E-state index in [0.29, 0.717) is 5.56 Å². The molecule has 0 fully saturated rings. The maximum absolute atomic E-state index is 12.5. The molecule has 7 heteroatoms. The highest BCUT2D eigenvalue weighted by Crippen LogP contribution is 2.32. The molecule has 0 amide bonds. The van der Waals surface area contributed by atoms with Gasteiger partial charge in [-0.3, -0.25) is 0 Å². The first-order valence-electron chi connectivity index (χ1n) is 4.53. The van der Waals surface area contributed by atoms with Gasteiger partial charge in [-0.25, -0.2) is 9.97 Å². The van der Waals surface area contributed by atoms with Gasteiger partial charge in [0, 0.05) is 15.8 Å². The molecule has 0 aliphatic carbocycles. The van der Waals surface area contributed by atoms with Crippen LogP contribution >= 0.6 is 22.9 Å². The molecule has 0 unspecified atom stereocenters. The first-order valence-corrected chi connectivity index (χ1v) is 5.79. The van der Waals surface area contributed by atoms with Crippen molar-refractivity contribution in [1.82, 2.24) is 9.97 Å². The molecular weight excluding hydrogens is 273 g/mol. The van der Waals surface area contributed by atoms with E-state index in [2.05, 4.69) is 9.97 Å². The first-order chi connectivity index (χ1) is 7.86. The molecule has 0 aliphatic heterocycles. The molecule has 0 aliphatic rings. The lowest BCUT2D eigenvalue weighted by atomic mass is 10.2. The Bertz CT molecular complexity index is 551. The lowest BCUT2D eigenvalue weighted by Gasteiger charge is -2.07. The summed E-state index contributed by atoms with van der Waals surface area (Å²) in [5.41, 5.74) is -0.236. The van der Waals surface area contributed by atoms with Crippen molar-refractivity contribution >= 4 is 22.9 Å². The summed E-state index contributed by atoms with van der Waals surface area (Å²) >= 11 is 6.93. The number of thiophene rings is 1. The van der Waals surface area contributed by atoms with Crippen molar-refractivity contribution in [1.29, 1.82) is 0 Å². The predicted molar refractivity (Wildman–Crippen MR) is 60.1 cm³/mol. The van der Waals surface area contributed by atoms with Crippen LogP contribution in [-0.2, 0) is 6.18 Å². The van der Waals surface area contributed by atoms with Crippen LogP contribution in [0.15, 0.2) is 17.5 Å². The third kappa shape index (κ3) is 2.76. The van der Waals surface area contributed by atoms with Gasteiger partial charge in [-0.15, -0.1) is 11.3 Å². The monoisotopic (exact) mass is 278 g/mol. The molecule has 0 radical (unpaired) electrons. The number of alkyl halides is 3. The summed E-state index contributed by atoms with van der Waals surface area (Å²) in [6, 6.07) is 2.65. The van der Waals surface area contributed by atoms with Crippen molar-refractivity contribution in [3.05, 3.63) is 33.4 Å². The second-order valence-corrected chi connectivity index (χ2v) is 4.80. The lowest BCUT2D eigenvalue weighted by Crippen LogP contribution is -2.09. The molecule has 2 nitrogen and oxygen atoms in total. The van der Waals surface area contributed by atoms with Crippen LogP contribution in [0.3, 0.4) is 0 Å². The highest BCUT2D eigenvalue weighted by atomic mass is 35.5. The minimum atomic E-state index is -4.52. The standard InChI is InChI=1S/C10H6ClF3N2S/c1-5-2-6(4-17-5)7-3-8(10(12,13)14)16-9(11)15-7/h2-4H,1H3. The van der Waals surface area contributed by atoms with Crippen LogP contribution in [0.25, 0.3) is 11.3 Å². The molecule has 2 aromatic rings. The van der Waals surface area contributed by atoms with Gasteiger partial charge < -0.3 is 0 Å². The van der Waals surface area contributed by atoms with Crippen LogP contribution in [0.5, 0.6) is 0 Å². The third-order valence-corrected chi connectivity index (χ3v) is 3.05. The number of aryl methyl sites for hydroxylation is 1.